The highest BCUT2D eigenvalue weighted by Crippen LogP contribution is 2.09. The Morgan fingerprint density at radius 2 is 2.29 bits per heavy atom. The molecule has 3 nitrogen and oxygen atoms in total. The van der Waals surface area contributed by atoms with Crippen LogP contribution in [0.3, 0.4) is 0 Å². The lowest BCUT2D eigenvalue weighted by molar-refractivity contribution is 0.477. The van der Waals surface area contributed by atoms with Crippen LogP contribution in [0.5, 0.6) is 0 Å². The summed E-state index contributed by atoms with van der Waals surface area (Å²) in [7, 11) is 0. The van der Waals surface area contributed by atoms with E-state index in [2.05, 4.69) is 23.3 Å². The van der Waals surface area contributed by atoms with Crippen molar-refractivity contribution >= 4 is 0 Å². The van der Waals surface area contributed by atoms with E-state index in [0.717, 1.165) is 5.69 Å². The van der Waals surface area contributed by atoms with Gasteiger partial charge in [0.1, 0.15) is 0 Å². The fourth-order valence-electron chi connectivity index (χ4n) is 1.34. The molecule has 0 amide bonds. The predicted molar refractivity (Wildman–Crippen MR) is 55.5 cm³/mol. The molecule has 1 N–H and O–H groups in total. The van der Waals surface area contributed by atoms with Crippen LogP contribution >= 0.6 is 0 Å². The van der Waals surface area contributed by atoms with E-state index >= 15 is 0 Å². The van der Waals surface area contributed by atoms with Crippen LogP contribution in [0.25, 0.3) is 0 Å². The van der Waals surface area contributed by atoms with Crippen LogP contribution in [0.4, 0.5) is 0 Å². The van der Waals surface area contributed by atoms with Gasteiger partial charge in [-0.25, -0.2) is 0 Å². The van der Waals surface area contributed by atoms with Crippen molar-refractivity contribution in [2.75, 3.05) is 0 Å². The standard InChI is InChI=1S/C11H15N3/c1-9(6-7-12)14-10(2)11-5-3-4-8-13-11/h3-5,8-10,14H,6H2,1-2H3. The SMILES string of the molecule is CC(CC#N)NC(C)c1ccccn1. The molecule has 0 saturated heterocycles. The highest BCUT2D eigenvalue weighted by Gasteiger charge is 2.09. The van der Waals surface area contributed by atoms with Crippen molar-refractivity contribution in [2.24, 2.45) is 0 Å². The summed E-state index contributed by atoms with van der Waals surface area (Å²) < 4.78 is 0. The Morgan fingerprint density at radius 1 is 1.50 bits per heavy atom. The molecule has 0 aromatic carbocycles. The van der Waals surface area contributed by atoms with Gasteiger partial charge < -0.3 is 5.32 Å². The molecule has 1 aromatic rings. The van der Waals surface area contributed by atoms with Gasteiger partial charge in [0.2, 0.25) is 0 Å². The van der Waals surface area contributed by atoms with Crippen molar-refractivity contribution in [1.82, 2.24) is 10.3 Å². The number of pyridine rings is 1. The Morgan fingerprint density at radius 3 is 2.86 bits per heavy atom. The van der Waals surface area contributed by atoms with E-state index < -0.39 is 0 Å². The molecule has 0 bridgehead atoms. The van der Waals surface area contributed by atoms with Gasteiger partial charge in [0, 0.05) is 18.3 Å². The Balaban J connectivity index is 2.51. The summed E-state index contributed by atoms with van der Waals surface area (Å²) in [5.74, 6) is 0. The van der Waals surface area contributed by atoms with Crippen molar-refractivity contribution in [3.63, 3.8) is 0 Å². The highest BCUT2D eigenvalue weighted by molar-refractivity contribution is 5.07. The third-order valence-corrected chi connectivity index (χ3v) is 2.06. The summed E-state index contributed by atoms with van der Waals surface area (Å²) in [4.78, 5) is 4.25. The van der Waals surface area contributed by atoms with E-state index in [1.165, 1.54) is 0 Å². The second kappa shape index (κ2) is 5.36. The molecule has 0 fully saturated rings. The molecular weight excluding hydrogens is 174 g/mol. The largest absolute Gasteiger partial charge is 0.305 e. The minimum Gasteiger partial charge on any atom is -0.305 e. The molecule has 14 heavy (non-hydrogen) atoms. The molecule has 0 saturated carbocycles. The molecular formula is C11H15N3. The van der Waals surface area contributed by atoms with Crippen molar-refractivity contribution in [2.45, 2.75) is 32.4 Å². The maximum atomic E-state index is 8.51. The van der Waals surface area contributed by atoms with Gasteiger partial charge in [-0.1, -0.05) is 6.07 Å². The van der Waals surface area contributed by atoms with Gasteiger partial charge in [0.15, 0.2) is 0 Å². The normalized spacial score (nSPS) is 14.4. The first-order valence-electron chi connectivity index (χ1n) is 4.78. The third kappa shape index (κ3) is 3.15. The topological polar surface area (TPSA) is 48.7 Å². The van der Waals surface area contributed by atoms with Gasteiger partial charge in [0.25, 0.3) is 0 Å². The minimum absolute atomic E-state index is 0.194. The lowest BCUT2D eigenvalue weighted by Gasteiger charge is -2.17. The number of aromatic nitrogens is 1. The second-order valence-corrected chi connectivity index (χ2v) is 3.41. The molecule has 0 spiro atoms. The Kier molecular flexibility index (Phi) is 4.09. The Hall–Kier alpha value is -1.40. The number of rotatable bonds is 4. The first-order valence-corrected chi connectivity index (χ1v) is 4.78. The molecule has 1 rings (SSSR count). The molecule has 1 aromatic heterocycles. The maximum Gasteiger partial charge on any atom is 0.0638 e. The van der Waals surface area contributed by atoms with Crippen molar-refractivity contribution in [3.8, 4) is 6.07 Å². The average Bonchev–Trinajstić information content (AvgIpc) is 2.19. The summed E-state index contributed by atoms with van der Waals surface area (Å²) in [6, 6.07) is 8.39. The molecule has 0 aliphatic rings. The van der Waals surface area contributed by atoms with Crippen molar-refractivity contribution in [3.05, 3.63) is 30.1 Å². The van der Waals surface area contributed by atoms with Crippen LogP contribution in [0.1, 0.15) is 32.0 Å². The highest BCUT2D eigenvalue weighted by atomic mass is 15.0. The number of hydrogen-bond donors (Lipinski definition) is 1. The van der Waals surface area contributed by atoms with Gasteiger partial charge in [-0.15, -0.1) is 0 Å². The monoisotopic (exact) mass is 189 g/mol. The third-order valence-electron chi connectivity index (χ3n) is 2.06. The zero-order chi connectivity index (χ0) is 10.4. The summed E-state index contributed by atoms with van der Waals surface area (Å²) in [6.45, 7) is 4.05. The molecule has 3 heteroatoms. The summed E-state index contributed by atoms with van der Waals surface area (Å²) >= 11 is 0. The van der Waals surface area contributed by atoms with Crippen LogP contribution in [0.2, 0.25) is 0 Å². The fourth-order valence-corrected chi connectivity index (χ4v) is 1.34. The average molecular weight is 189 g/mol. The molecule has 0 aliphatic carbocycles. The summed E-state index contributed by atoms with van der Waals surface area (Å²) in [5, 5.41) is 11.8. The number of nitriles is 1. The van der Waals surface area contributed by atoms with E-state index in [1.54, 1.807) is 6.20 Å². The zero-order valence-corrected chi connectivity index (χ0v) is 8.57. The van der Waals surface area contributed by atoms with Gasteiger partial charge >= 0.3 is 0 Å². The number of nitrogens with one attached hydrogen (secondary N) is 1. The minimum atomic E-state index is 0.194. The zero-order valence-electron chi connectivity index (χ0n) is 8.57. The van der Waals surface area contributed by atoms with Crippen LogP contribution in [0.15, 0.2) is 24.4 Å². The summed E-state index contributed by atoms with van der Waals surface area (Å²) in [5.41, 5.74) is 1.01. The van der Waals surface area contributed by atoms with Gasteiger partial charge in [-0.3, -0.25) is 4.98 Å². The van der Waals surface area contributed by atoms with Crippen molar-refractivity contribution in [1.29, 1.82) is 5.26 Å². The van der Waals surface area contributed by atoms with E-state index in [-0.39, 0.29) is 12.1 Å². The van der Waals surface area contributed by atoms with E-state index in [9.17, 15) is 0 Å². The van der Waals surface area contributed by atoms with Crippen LogP contribution < -0.4 is 5.32 Å². The van der Waals surface area contributed by atoms with Gasteiger partial charge in [-0.05, 0) is 26.0 Å². The first kappa shape index (κ1) is 10.7. The van der Waals surface area contributed by atoms with Crippen molar-refractivity contribution < 1.29 is 0 Å². The molecule has 74 valence electrons. The molecule has 2 atom stereocenters. The number of hydrogen-bond acceptors (Lipinski definition) is 3. The molecule has 2 unspecified atom stereocenters. The first-order chi connectivity index (χ1) is 6.74. The summed E-state index contributed by atoms with van der Waals surface area (Å²) in [6.07, 6.45) is 2.31. The van der Waals surface area contributed by atoms with E-state index in [0.29, 0.717) is 6.42 Å². The van der Waals surface area contributed by atoms with Gasteiger partial charge in [0.05, 0.1) is 18.2 Å². The Labute approximate surface area is 84.8 Å². The van der Waals surface area contributed by atoms with Crippen LogP contribution in [-0.2, 0) is 0 Å². The van der Waals surface area contributed by atoms with Gasteiger partial charge in [-0.2, -0.15) is 5.26 Å². The maximum absolute atomic E-state index is 8.51. The van der Waals surface area contributed by atoms with Crippen LogP contribution in [0, 0.1) is 11.3 Å². The smallest absolute Gasteiger partial charge is 0.0638 e. The molecule has 1 heterocycles. The molecule has 0 aliphatic heterocycles. The predicted octanol–water partition coefficient (Wildman–Crippen LogP) is 2.03. The number of nitrogens with zero attached hydrogens (tertiary/aromatic N) is 2. The fraction of sp³-hybridized carbons (Fsp3) is 0.455. The second-order valence-electron chi connectivity index (χ2n) is 3.41. The van der Waals surface area contributed by atoms with E-state index in [1.807, 2.05) is 25.1 Å². The lowest BCUT2D eigenvalue weighted by atomic mass is 10.1. The molecule has 0 radical (unpaired) electrons. The van der Waals surface area contributed by atoms with E-state index in [4.69, 9.17) is 5.26 Å². The Bertz CT molecular complexity index is 302. The van der Waals surface area contributed by atoms with Crippen LogP contribution in [-0.4, -0.2) is 11.0 Å². The lowest BCUT2D eigenvalue weighted by Crippen LogP contribution is -2.28. The quantitative estimate of drug-likeness (QED) is 0.788.